The zero-order chi connectivity index (χ0) is 38.3. The van der Waals surface area contributed by atoms with Gasteiger partial charge in [0.15, 0.2) is 0 Å². The number of nitrogens with one attached hydrogen (secondary N) is 4. The fraction of sp³-hybridized carbons (Fsp3) is 0.610. The van der Waals surface area contributed by atoms with Crippen molar-refractivity contribution in [2.45, 2.75) is 109 Å². The monoisotopic (exact) mass is 728 g/mol. The predicted molar refractivity (Wildman–Crippen MR) is 201 cm³/mol. The quantitative estimate of drug-likeness (QED) is 0.131. The van der Waals surface area contributed by atoms with Crippen LogP contribution in [-0.4, -0.2) is 95.6 Å². The summed E-state index contributed by atoms with van der Waals surface area (Å²) in [5.41, 5.74) is 1.85. The van der Waals surface area contributed by atoms with E-state index in [1.54, 1.807) is 4.90 Å². The Balaban J connectivity index is 1.39. The number of fused-ring (bicyclic) bond motifs is 2. The molecule has 2 aliphatic carbocycles. The second-order valence-corrected chi connectivity index (χ2v) is 16.2. The van der Waals surface area contributed by atoms with Crippen molar-refractivity contribution < 1.29 is 28.8 Å². The van der Waals surface area contributed by atoms with Gasteiger partial charge in [-0.15, -0.1) is 18.9 Å². The molecule has 0 bridgehead atoms. The third-order valence-electron chi connectivity index (χ3n) is 11.6. The third-order valence-corrected chi connectivity index (χ3v) is 11.6. The highest BCUT2D eigenvalue weighted by Gasteiger charge is 2.52. The minimum absolute atomic E-state index is 0.0694. The molecule has 53 heavy (non-hydrogen) atoms. The molecule has 286 valence electrons. The lowest BCUT2D eigenvalue weighted by molar-refractivity contribution is -0.144. The lowest BCUT2D eigenvalue weighted by Crippen LogP contribution is -2.61. The van der Waals surface area contributed by atoms with Crippen LogP contribution in [0.15, 0.2) is 36.9 Å². The van der Waals surface area contributed by atoms with E-state index in [0.717, 1.165) is 43.2 Å². The molecule has 1 saturated carbocycles. The van der Waals surface area contributed by atoms with Gasteiger partial charge in [-0.05, 0) is 79.2 Å². The summed E-state index contributed by atoms with van der Waals surface area (Å²) in [6.45, 7) is 11.1. The number of urea groups is 1. The van der Waals surface area contributed by atoms with Crippen LogP contribution >= 0.6 is 0 Å². The van der Waals surface area contributed by atoms with Crippen molar-refractivity contribution in [1.82, 2.24) is 31.1 Å². The van der Waals surface area contributed by atoms with Gasteiger partial charge in [0.05, 0.1) is 12.1 Å². The highest BCUT2D eigenvalue weighted by Crippen LogP contribution is 2.43. The maximum Gasteiger partial charge on any atom is 0.315 e. The van der Waals surface area contributed by atoms with Gasteiger partial charge in [-0.25, -0.2) is 4.79 Å². The van der Waals surface area contributed by atoms with Crippen LogP contribution in [0.3, 0.4) is 0 Å². The molecule has 3 fully saturated rings. The molecule has 4 aliphatic rings. The minimum Gasteiger partial charge on any atom is -0.346 e. The Hall–Kier alpha value is -4.66. The van der Waals surface area contributed by atoms with Gasteiger partial charge < -0.3 is 31.1 Å². The molecular formula is C41H56N6O6. The number of nitrogens with zero attached hydrogens (tertiary/aromatic N) is 2. The number of rotatable bonds is 14. The zero-order valence-electron chi connectivity index (χ0n) is 31.5. The van der Waals surface area contributed by atoms with E-state index in [-0.39, 0.29) is 60.4 Å². The standard InChI is InChI=1S/C41H56N6O6/c1-6-8-18-31(36(49)38(51)42-20-7-2)43-37(50)35-30-17-13-16-28(30)24-47(35)39(52)34(29-22-26-14-9-10-15-27(26)23-29)45-40(53)44-32(41(3,4)5)25-46-21-12-11-19-33(46)48/h1,7,9-10,14-15,28-32,34-35H,2,8,11-13,16-25H2,3-5H3,(H,42,51)(H,43,50)(H2,44,45,53)/t28-,30-,31?,32+,34-,35-/m0/s1. The topological polar surface area (TPSA) is 157 Å². The summed E-state index contributed by atoms with van der Waals surface area (Å²) in [6, 6.07) is 4.13. The number of terminal acetylenes is 1. The number of benzene rings is 1. The summed E-state index contributed by atoms with van der Waals surface area (Å²) in [4.78, 5) is 85.0. The highest BCUT2D eigenvalue weighted by atomic mass is 16.2. The van der Waals surface area contributed by atoms with Gasteiger partial charge in [-0.2, -0.15) is 0 Å². The smallest absolute Gasteiger partial charge is 0.315 e. The lowest BCUT2D eigenvalue weighted by atomic mass is 9.86. The van der Waals surface area contributed by atoms with Crippen LogP contribution in [0.5, 0.6) is 0 Å². The molecule has 0 aromatic heterocycles. The molecule has 4 N–H and O–H groups in total. The van der Waals surface area contributed by atoms with E-state index in [1.807, 2.05) is 49.9 Å². The number of hydrogen-bond donors (Lipinski definition) is 4. The average molecular weight is 729 g/mol. The van der Waals surface area contributed by atoms with Crippen molar-refractivity contribution in [3.05, 3.63) is 48.0 Å². The largest absolute Gasteiger partial charge is 0.346 e. The van der Waals surface area contributed by atoms with Crippen LogP contribution in [-0.2, 0) is 36.8 Å². The second-order valence-electron chi connectivity index (χ2n) is 16.2. The first-order chi connectivity index (χ1) is 25.3. The van der Waals surface area contributed by atoms with Gasteiger partial charge in [0.1, 0.15) is 12.1 Å². The molecule has 1 unspecified atom stereocenters. The predicted octanol–water partition coefficient (Wildman–Crippen LogP) is 2.89. The zero-order valence-corrected chi connectivity index (χ0v) is 31.5. The number of likely N-dealkylation sites (tertiary alicyclic amines) is 2. The lowest BCUT2D eigenvalue weighted by Gasteiger charge is -2.38. The summed E-state index contributed by atoms with van der Waals surface area (Å²) in [7, 11) is 0. The van der Waals surface area contributed by atoms with Crippen molar-refractivity contribution in [2.24, 2.45) is 23.2 Å². The first-order valence-corrected chi connectivity index (χ1v) is 19.2. The Morgan fingerprint density at radius 3 is 2.38 bits per heavy atom. The molecule has 2 saturated heterocycles. The van der Waals surface area contributed by atoms with Crippen molar-refractivity contribution in [3.63, 3.8) is 0 Å². The van der Waals surface area contributed by atoms with Crippen LogP contribution in [0.4, 0.5) is 4.79 Å². The summed E-state index contributed by atoms with van der Waals surface area (Å²) >= 11 is 0. The molecule has 5 rings (SSSR count). The Kier molecular flexibility index (Phi) is 13.0. The number of Topliss-reactive ketones (excluding diaryl/α,β-unsaturated/α-hetero) is 1. The number of amides is 6. The Labute approximate surface area is 313 Å². The van der Waals surface area contributed by atoms with E-state index in [4.69, 9.17) is 6.42 Å². The Bertz CT molecular complexity index is 1590. The van der Waals surface area contributed by atoms with Crippen molar-refractivity contribution in [3.8, 4) is 12.3 Å². The molecule has 12 nitrogen and oxygen atoms in total. The van der Waals surface area contributed by atoms with Crippen LogP contribution in [0.25, 0.3) is 0 Å². The van der Waals surface area contributed by atoms with Crippen LogP contribution in [0.2, 0.25) is 0 Å². The third kappa shape index (κ3) is 9.48. The van der Waals surface area contributed by atoms with E-state index >= 15 is 0 Å². The first-order valence-electron chi connectivity index (χ1n) is 19.2. The number of piperidine rings is 1. The highest BCUT2D eigenvalue weighted by molar-refractivity contribution is 6.38. The first kappa shape index (κ1) is 39.5. The van der Waals surface area contributed by atoms with Gasteiger partial charge in [0.25, 0.3) is 5.91 Å². The van der Waals surface area contributed by atoms with Gasteiger partial charge in [0, 0.05) is 39.0 Å². The molecular weight excluding hydrogens is 672 g/mol. The van der Waals surface area contributed by atoms with Gasteiger partial charge in [0.2, 0.25) is 23.5 Å². The molecule has 6 atom stereocenters. The second kappa shape index (κ2) is 17.4. The summed E-state index contributed by atoms with van der Waals surface area (Å²) < 4.78 is 0. The Morgan fingerprint density at radius 1 is 1.02 bits per heavy atom. The SMILES string of the molecule is C#CCCC(NC(=O)[C@@H]1[C@H]2CCC[C@H]2CN1C(=O)[C@@H](NC(=O)N[C@H](CN1CCCCC1=O)C(C)(C)C)C1Cc2ccccc2C1)C(=O)C(=O)NCC=C. The number of carbonyl (C=O) groups is 6. The van der Waals surface area contributed by atoms with Crippen molar-refractivity contribution >= 4 is 35.4 Å². The molecule has 0 radical (unpaired) electrons. The number of carbonyl (C=O) groups excluding carboxylic acids is 6. The molecule has 2 heterocycles. The van der Waals surface area contributed by atoms with Crippen molar-refractivity contribution in [1.29, 1.82) is 0 Å². The van der Waals surface area contributed by atoms with E-state index in [2.05, 4.69) is 33.8 Å². The normalized spacial score (nSPS) is 22.8. The summed E-state index contributed by atoms with van der Waals surface area (Å²) in [6.07, 6.45) is 13.1. The number of ketones is 1. The molecule has 6 amide bonds. The summed E-state index contributed by atoms with van der Waals surface area (Å²) in [5.74, 6) is -0.244. The summed E-state index contributed by atoms with van der Waals surface area (Å²) in [5, 5.41) is 11.4. The van der Waals surface area contributed by atoms with Crippen LogP contribution in [0.1, 0.15) is 83.3 Å². The van der Waals surface area contributed by atoms with Gasteiger partial charge >= 0.3 is 6.03 Å². The van der Waals surface area contributed by atoms with Gasteiger partial charge in [-0.1, -0.05) is 57.5 Å². The van der Waals surface area contributed by atoms with E-state index in [9.17, 15) is 28.8 Å². The van der Waals surface area contributed by atoms with Crippen LogP contribution in [0, 0.1) is 35.5 Å². The molecule has 12 heteroatoms. The Morgan fingerprint density at radius 2 is 1.74 bits per heavy atom. The van der Waals surface area contributed by atoms with E-state index in [1.165, 1.54) is 6.08 Å². The van der Waals surface area contributed by atoms with Gasteiger partial charge in [-0.3, -0.25) is 24.0 Å². The fourth-order valence-electron chi connectivity index (χ4n) is 8.57. The average Bonchev–Trinajstić information content (AvgIpc) is 3.86. The number of hydrogen-bond acceptors (Lipinski definition) is 6. The fourth-order valence-corrected chi connectivity index (χ4v) is 8.57. The minimum atomic E-state index is -1.16. The maximum absolute atomic E-state index is 14.9. The van der Waals surface area contributed by atoms with Crippen molar-refractivity contribution in [2.75, 3.05) is 26.2 Å². The molecule has 2 aliphatic heterocycles. The molecule has 1 aromatic carbocycles. The maximum atomic E-state index is 14.9. The van der Waals surface area contributed by atoms with E-state index in [0.29, 0.717) is 38.9 Å². The van der Waals surface area contributed by atoms with Crippen LogP contribution < -0.4 is 21.3 Å². The molecule has 0 spiro atoms. The molecule has 1 aromatic rings. The van der Waals surface area contributed by atoms with E-state index < -0.39 is 41.8 Å².